The third-order valence-electron chi connectivity index (χ3n) is 5.37. The van der Waals surface area contributed by atoms with Crippen LogP contribution < -0.4 is 11.5 Å². The molecule has 4 N–H and O–H groups in total. The first-order valence-electron chi connectivity index (χ1n) is 9.11. The van der Waals surface area contributed by atoms with Crippen molar-refractivity contribution in [3.63, 3.8) is 0 Å². The molecule has 0 spiro atoms. The zero-order chi connectivity index (χ0) is 17.7. The van der Waals surface area contributed by atoms with E-state index in [2.05, 4.69) is 29.2 Å². The van der Waals surface area contributed by atoms with Gasteiger partial charge < -0.3 is 25.8 Å². The largest absolute Gasteiger partial charge is 0.376 e. The van der Waals surface area contributed by atoms with Gasteiger partial charge in [0.25, 0.3) is 0 Å². The van der Waals surface area contributed by atoms with Crippen molar-refractivity contribution in [1.29, 1.82) is 0 Å². The minimum Gasteiger partial charge on any atom is -0.376 e. The molecule has 1 aromatic carbocycles. The maximum absolute atomic E-state index is 11.6. The van der Waals surface area contributed by atoms with Crippen molar-refractivity contribution in [2.75, 3.05) is 39.5 Å². The summed E-state index contributed by atoms with van der Waals surface area (Å²) >= 11 is 0. The van der Waals surface area contributed by atoms with E-state index in [1.165, 1.54) is 5.56 Å². The van der Waals surface area contributed by atoms with Crippen LogP contribution in [0.5, 0.6) is 0 Å². The van der Waals surface area contributed by atoms with Crippen molar-refractivity contribution < 1.29 is 14.3 Å². The Bertz CT molecular complexity index is 560. The van der Waals surface area contributed by atoms with Crippen LogP contribution in [-0.4, -0.2) is 61.9 Å². The van der Waals surface area contributed by atoms with Crippen molar-refractivity contribution in [2.24, 2.45) is 17.4 Å². The lowest BCUT2D eigenvalue weighted by molar-refractivity contribution is -0.162. The fraction of sp³-hybridized carbons (Fsp3) is 0.632. The number of nitrogens with two attached hydrogens (primary N) is 2. The first kappa shape index (κ1) is 18.3. The monoisotopic (exact) mass is 347 g/mol. The first-order valence-corrected chi connectivity index (χ1v) is 9.11. The Morgan fingerprint density at radius 3 is 2.76 bits per heavy atom. The second kappa shape index (κ2) is 8.27. The van der Waals surface area contributed by atoms with E-state index < -0.39 is 0 Å². The van der Waals surface area contributed by atoms with Crippen LogP contribution in [0.2, 0.25) is 0 Å². The number of piperidine rings is 1. The third kappa shape index (κ3) is 4.79. The molecule has 0 bridgehead atoms. The normalized spacial score (nSPS) is 30.9. The molecule has 6 heteroatoms. The van der Waals surface area contributed by atoms with Crippen molar-refractivity contribution in [1.82, 2.24) is 4.90 Å². The number of carbonyl (C=O) groups is 1. The Kier molecular flexibility index (Phi) is 6.06. The van der Waals surface area contributed by atoms with E-state index in [4.69, 9.17) is 20.9 Å². The highest BCUT2D eigenvalue weighted by Gasteiger charge is 2.36. The van der Waals surface area contributed by atoms with Gasteiger partial charge in [-0.05, 0) is 24.9 Å². The molecule has 0 aromatic heterocycles. The summed E-state index contributed by atoms with van der Waals surface area (Å²) in [5.41, 5.74) is 12.5. The topological polar surface area (TPSA) is 90.8 Å². The number of hydrogen-bond acceptors (Lipinski definition) is 5. The van der Waals surface area contributed by atoms with E-state index in [1.54, 1.807) is 0 Å². The van der Waals surface area contributed by atoms with Crippen molar-refractivity contribution in [3.8, 4) is 0 Å². The predicted octanol–water partition coefficient (Wildman–Crippen LogP) is 0.539. The Labute approximate surface area is 149 Å². The number of amides is 1. The standard InChI is InChI=1S/C19H29N3O3/c20-17-6-8-22(13-16(17)18(21)23)9-7-19(14-24-10-11-25-19)12-15-4-2-1-3-5-15/h1-5,16-17H,6-14,20H2,(H2,21,23). The van der Waals surface area contributed by atoms with Crippen LogP contribution in [0, 0.1) is 5.92 Å². The zero-order valence-electron chi connectivity index (χ0n) is 14.7. The summed E-state index contributed by atoms with van der Waals surface area (Å²) in [6.07, 6.45) is 2.50. The van der Waals surface area contributed by atoms with Crippen molar-refractivity contribution >= 4 is 5.91 Å². The highest BCUT2D eigenvalue weighted by atomic mass is 16.6. The van der Waals surface area contributed by atoms with Gasteiger partial charge >= 0.3 is 0 Å². The summed E-state index contributed by atoms with van der Waals surface area (Å²) in [5.74, 6) is -0.559. The SMILES string of the molecule is NC(=O)C1CN(CCC2(Cc3ccccc3)COCCO2)CCC1N. The summed E-state index contributed by atoms with van der Waals surface area (Å²) < 4.78 is 11.9. The van der Waals surface area contributed by atoms with Gasteiger partial charge in [0, 0.05) is 25.6 Å². The smallest absolute Gasteiger partial charge is 0.223 e. The molecule has 1 amide bonds. The molecule has 6 nitrogen and oxygen atoms in total. The third-order valence-corrected chi connectivity index (χ3v) is 5.37. The lowest BCUT2D eigenvalue weighted by Gasteiger charge is -2.41. The van der Waals surface area contributed by atoms with Gasteiger partial charge in [0.05, 0.1) is 31.3 Å². The second-order valence-corrected chi connectivity index (χ2v) is 7.26. The van der Waals surface area contributed by atoms with E-state index in [9.17, 15) is 4.79 Å². The quantitative estimate of drug-likeness (QED) is 0.784. The van der Waals surface area contributed by atoms with Crippen LogP contribution >= 0.6 is 0 Å². The van der Waals surface area contributed by atoms with E-state index in [-0.39, 0.29) is 23.5 Å². The van der Waals surface area contributed by atoms with Gasteiger partial charge in [0.2, 0.25) is 5.91 Å². The van der Waals surface area contributed by atoms with Crippen molar-refractivity contribution in [2.45, 2.75) is 30.9 Å². The van der Waals surface area contributed by atoms with Crippen molar-refractivity contribution in [3.05, 3.63) is 35.9 Å². The Balaban J connectivity index is 1.62. The van der Waals surface area contributed by atoms with E-state index in [0.29, 0.717) is 26.4 Å². The maximum Gasteiger partial charge on any atom is 0.223 e. The highest BCUT2D eigenvalue weighted by Crippen LogP contribution is 2.27. The zero-order valence-corrected chi connectivity index (χ0v) is 14.7. The van der Waals surface area contributed by atoms with Gasteiger partial charge in [-0.25, -0.2) is 0 Å². The maximum atomic E-state index is 11.6. The first-order chi connectivity index (χ1) is 12.1. The van der Waals surface area contributed by atoms with E-state index in [0.717, 1.165) is 32.4 Å². The number of primary amides is 1. The molecule has 2 heterocycles. The predicted molar refractivity (Wildman–Crippen MR) is 96.0 cm³/mol. The molecule has 0 radical (unpaired) electrons. The number of likely N-dealkylation sites (tertiary alicyclic amines) is 1. The van der Waals surface area contributed by atoms with Crippen LogP contribution in [0.3, 0.4) is 0 Å². The molecular formula is C19H29N3O3. The lowest BCUT2D eigenvalue weighted by atomic mass is 9.89. The Morgan fingerprint density at radius 1 is 1.28 bits per heavy atom. The second-order valence-electron chi connectivity index (χ2n) is 7.26. The summed E-state index contributed by atoms with van der Waals surface area (Å²) in [5, 5.41) is 0. The number of carbonyl (C=O) groups excluding carboxylic acids is 1. The fourth-order valence-corrected chi connectivity index (χ4v) is 3.82. The molecule has 2 aliphatic heterocycles. The van der Waals surface area contributed by atoms with Gasteiger partial charge in [0.1, 0.15) is 0 Å². The van der Waals surface area contributed by atoms with E-state index in [1.807, 2.05) is 6.07 Å². The number of benzene rings is 1. The minimum atomic E-state index is -0.304. The minimum absolute atomic E-state index is 0.124. The highest BCUT2D eigenvalue weighted by molar-refractivity contribution is 5.77. The molecular weight excluding hydrogens is 318 g/mol. The molecule has 3 unspecified atom stereocenters. The fourth-order valence-electron chi connectivity index (χ4n) is 3.82. The molecule has 0 aliphatic carbocycles. The molecule has 2 aliphatic rings. The number of nitrogens with zero attached hydrogens (tertiary/aromatic N) is 1. The average molecular weight is 347 g/mol. The lowest BCUT2D eigenvalue weighted by Crippen LogP contribution is -2.54. The van der Waals surface area contributed by atoms with Crippen LogP contribution in [0.15, 0.2) is 30.3 Å². The van der Waals surface area contributed by atoms with Gasteiger partial charge in [-0.15, -0.1) is 0 Å². The van der Waals surface area contributed by atoms with Gasteiger partial charge in [-0.2, -0.15) is 0 Å². The molecule has 2 saturated heterocycles. The Morgan fingerprint density at radius 2 is 2.08 bits per heavy atom. The van der Waals surface area contributed by atoms with Crippen LogP contribution in [0.1, 0.15) is 18.4 Å². The summed E-state index contributed by atoms with van der Waals surface area (Å²) in [6, 6.07) is 10.3. The van der Waals surface area contributed by atoms with Gasteiger partial charge in [0.15, 0.2) is 0 Å². The van der Waals surface area contributed by atoms with Crippen LogP contribution in [0.25, 0.3) is 0 Å². The molecule has 138 valence electrons. The summed E-state index contributed by atoms with van der Waals surface area (Å²) in [7, 11) is 0. The van der Waals surface area contributed by atoms with Gasteiger partial charge in [-0.3, -0.25) is 4.79 Å². The number of ether oxygens (including phenoxy) is 2. The van der Waals surface area contributed by atoms with E-state index >= 15 is 0 Å². The summed E-state index contributed by atoms with van der Waals surface area (Å²) in [6.45, 7) is 4.27. The number of hydrogen-bond donors (Lipinski definition) is 2. The molecule has 3 atom stereocenters. The van der Waals surface area contributed by atoms with Crippen LogP contribution in [0.4, 0.5) is 0 Å². The molecule has 1 aromatic rings. The molecule has 25 heavy (non-hydrogen) atoms. The molecule has 3 rings (SSSR count). The molecule has 0 saturated carbocycles. The summed E-state index contributed by atoms with van der Waals surface area (Å²) in [4.78, 5) is 13.9. The average Bonchev–Trinajstić information content (AvgIpc) is 2.62. The Hall–Kier alpha value is -1.47. The number of rotatable bonds is 6. The van der Waals surface area contributed by atoms with Crippen LogP contribution in [-0.2, 0) is 20.7 Å². The van der Waals surface area contributed by atoms with Gasteiger partial charge in [-0.1, -0.05) is 30.3 Å². The molecule has 2 fully saturated rings.